The summed E-state index contributed by atoms with van der Waals surface area (Å²) in [5.41, 5.74) is 0. The standard InChI is InChI=1S/C10H16O4/c1-8(14-9(2)11)6-4-5-7-10(12)13-3/h4,6,8H,5,7H2,1-3H3. The van der Waals surface area contributed by atoms with Crippen molar-refractivity contribution in [2.24, 2.45) is 0 Å². The first-order chi connectivity index (χ1) is 6.56. The number of methoxy groups -OCH3 is 1. The average Bonchev–Trinajstić information content (AvgIpc) is 2.10. The summed E-state index contributed by atoms with van der Waals surface area (Å²) in [4.78, 5) is 21.2. The molecule has 4 nitrogen and oxygen atoms in total. The average molecular weight is 200 g/mol. The van der Waals surface area contributed by atoms with E-state index in [2.05, 4.69) is 4.74 Å². The number of carbonyl (C=O) groups is 2. The van der Waals surface area contributed by atoms with Crippen molar-refractivity contribution in [3.63, 3.8) is 0 Å². The molecule has 0 aromatic carbocycles. The molecule has 0 heterocycles. The molecule has 4 heteroatoms. The summed E-state index contributed by atoms with van der Waals surface area (Å²) in [5.74, 6) is -0.551. The van der Waals surface area contributed by atoms with E-state index >= 15 is 0 Å². The minimum absolute atomic E-state index is 0.241. The van der Waals surface area contributed by atoms with Crippen LogP contribution in [0.5, 0.6) is 0 Å². The van der Waals surface area contributed by atoms with Gasteiger partial charge in [-0.2, -0.15) is 0 Å². The molecular formula is C10H16O4. The van der Waals surface area contributed by atoms with E-state index in [9.17, 15) is 9.59 Å². The van der Waals surface area contributed by atoms with Gasteiger partial charge in [-0.15, -0.1) is 0 Å². The quantitative estimate of drug-likeness (QED) is 0.498. The molecule has 14 heavy (non-hydrogen) atoms. The van der Waals surface area contributed by atoms with Crippen molar-refractivity contribution in [2.75, 3.05) is 7.11 Å². The Morgan fingerprint density at radius 1 is 1.43 bits per heavy atom. The van der Waals surface area contributed by atoms with Crippen LogP contribution in [-0.4, -0.2) is 25.2 Å². The summed E-state index contributed by atoms with van der Waals surface area (Å²) in [5, 5.41) is 0. The third-order valence-corrected chi connectivity index (χ3v) is 1.50. The number of esters is 2. The summed E-state index contributed by atoms with van der Waals surface area (Å²) in [6.45, 7) is 3.12. The third-order valence-electron chi connectivity index (χ3n) is 1.50. The van der Waals surface area contributed by atoms with E-state index in [0.717, 1.165) is 0 Å². The highest BCUT2D eigenvalue weighted by Gasteiger charge is 2.00. The number of hydrogen-bond donors (Lipinski definition) is 0. The Morgan fingerprint density at radius 3 is 2.57 bits per heavy atom. The molecule has 0 fully saturated rings. The topological polar surface area (TPSA) is 52.6 Å². The summed E-state index contributed by atoms with van der Waals surface area (Å²) in [6.07, 6.45) is 4.23. The van der Waals surface area contributed by atoms with Gasteiger partial charge in [-0.1, -0.05) is 6.08 Å². The maximum atomic E-state index is 10.7. The molecule has 0 spiro atoms. The van der Waals surface area contributed by atoms with Crippen LogP contribution in [0.1, 0.15) is 26.7 Å². The normalized spacial score (nSPS) is 12.5. The van der Waals surface area contributed by atoms with E-state index < -0.39 is 0 Å². The first-order valence-corrected chi connectivity index (χ1v) is 4.47. The monoisotopic (exact) mass is 200 g/mol. The molecule has 0 saturated heterocycles. The Kier molecular flexibility index (Phi) is 6.45. The Balaban J connectivity index is 3.61. The van der Waals surface area contributed by atoms with E-state index in [4.69, 9.17) is 4.74 Å². The minimum Gasteiger partial charge on any atom is -0.469 e. The lowest BCUT2D eigenvalue weighted by Gasteiger charge is -2.05. The van der Waals surface area contributed by atoms with Crippen molar-refractivity contribution in [3.05, 3.63) is 12.2 Å². The molecule has 0 saturated carbocycles. The lowest BCUT2D eigenvalue weighted by Crippen LogP contribution is -2.08. The predicted octanol–water partition coefficient (Wildman–Crippen LogP) is 1.45. The van der Waals surface area contributed by atoms with Gasteiger partial charge in [0.25, 0.3) is 0 Å². The van der Waals surface area contributed by atoms with Gasteiger partial charge in [0.1, 0.15) is 6.10 Å². The van der Waals surface area contributed by atoms with E-state index in [1.54, 1.807) is 19.1 Å². The highest BCUT2D eigenvalue weighted by Crippen LogP contribution is 1.98. The number of ether oxygens (including phenoxy) is 2. The fourth-order valence-corrected chi connectivity index (χ4v) is 0.892. The van der Waals surface area contributed by atoms with Crippen LogP contribution in [0.25, 0.3) is 0 Å². The van der Waals surface area contributed by atoms with Crippen molar-refractivity contribution in [2.45, 2.75) is 32.8 Å². The van der Waals surface area contributed by atoms with Gasteiger partial charge in [-0.25, -0.2) is 0 Å². The van der Waals surface area contributed by atoms with Gasteiger partial charge >= 0.3 is 11.9 Å². The Bertz CT molecular complexity index is 220. The van der Waals surface area contributed by atoms with Gasteiger partial charge in [0.05, 0.1) is 7.11 Å². The van der Waals surface area contributed by atoms with Gasteiger partial charge in [-0.3, -0.25) is 9.59 Å². The highest BCUT2D eigenvalue weighted by atomic mass is 16.5. The van der Waals surface area contributed by atoms with Gasteiger partial charge < -0.3 is 9.47 Å². The zero-order valence-corrected chi connectivity index (χ0v) is 8.78. The number of hydrogen-bond acceptors (Lipinski definition) is 4. The number of rotatable bonds is 5. The van der Waals surface area contributed by atoms with E-state index in [1.807, 2.05) is 0 Å². The van der Waals surface area contributed by atoms with Crippen molar-refractivity contribution >= 4 is 11.9 Å². The van der Waals surface area contributed by atoms with Gasteiger partial charge in [0, 0.05) is 13.3 Å². The van der Waals surface area contributed by atoms with Crippen LogP contribution in [0.15, 0.2) is 12.2 Å². The molecular weight excluding hydrogens is 184 g/mol. The summed E-state index contributed by atoms with van der Waals surface area (Å²) < 4.78 is 9.31. The lowest BCUT2D eigenvalue weighted by atomic mass is 10.2. The third kappa shape index (κ3) is 7.34. The first-order valence-electron chi connectivity index (χ1n) is 4.47. The Labute approximate surface area is 83.9 Å². The van der Waals surface area contributed by atoms with Gasteiger partial charge in [0.15, 0.2) is 0 Å². The second-order valence-electron chi connectivity index (χ2n) is 2.86. The molecule has 0 N–H and O–H groups in total. The van der Waals surface area contributed by atoms with E-state index in [-0.39, 0.29) is 18.0 Å². The maximum Gasteiger partial charge on any atom is 0.305 e. The summed E-state index contributed by atoms with van der Waals surface area (Å²) >= 11 is 0. The molecule has 0 rings (SSSR count). The predicted molar refractivity (Wildman–Crippen MR) is 51.6 cm³/mol. The zero-order valence-electron chi connectivity index (χ0n) is 8.78. The van der Waals surface area contributed by atoms with E-state index in [1.165, 1.54) is 14.0 Å². The summed E-state index contributed by atoms with van der Waals surface area (Å²) in [7, 11) is 1.35. The van der Waals surface area contributed by atoms with Gasteiger partial charge in [0.2, 0.25) is 0 Å². The Morgan fingerprint density at radius 2 is 2.07 bits per heavy atom. The molecule has 0 aromatic rings. The molecule has 0 bridgehead atoms. The fraction of sp³-hybridized carbons (Fsp3) is 0.600. The van der Waals surface area contributed by atoms with E-state index in [0.29, 0.717) is 12.8 Å². The molecule has 1 atom stereocenters. The number of allylic oxidation sites excluding steroid dienone is 1. The van der Waals surface area contributed by atoms with Crippen LogP contribution in [0.3, 0.4) is 0 Å². The van der Waals surface area contributed by atoms with Crippen LogP contribution in [-0.2, 0) is 19.1 Å². The largest absolute Gasteiger partial charge is 0.469 e. The molecule has 0 aliphatic carbocycles. The van der Waals surface area contributed by atoms with Crippen molar-refractivity contribution in [3.8, 4) is 0 Å². The molecule has 0 radical (unpaired) electrons. The van der Waals surface area contributed by atoms with Crippen molar-refractivity contribution < 1.29 is 19.1 Å². The lowest BCUT2D eigenvalue weighted by molar-refractivity contribution is -0.143. The second kappa shape index (κ2) is 7.12. The van der Waals surface area contributed by atoms with Crippen LogP contribution < -0.4 is 0 Å². The van der Waals surface area contributed by atoms with Crippen LogP contribution in [0, 0.1) is 0 Å². The smallest absolute Gasteiger partial charge is 0.305 e. The maximum absolute atomic E-state index is 10.7. The molecule has 1 unspecified atom stereocenters. The van der Waals surface area contributed by atoms with Crippen molar-refractivity contribution in [1.82, 2.24) is 0 Å². The zero-order chi connectivity index (χ0) is 11.0. The van der Waals surface area contributed by atoms with Crippen LogP contribution in [0.2, 0.25) is 0 Å². The minimum atomic E-state index is -0.310. The first kappa shape index (κ1) is 12.7. The highest BCUT2D eigenvalue weighted by molar-refractivity contribution is 5.69. The SMILES string of the molecule is COC(=O)CCC=CC(C)OC(C)=O. The fourth-order valence-electron chi connectivity index (χ4n) is 0.892. The molecule has 0 aliphatic heterocycles. The Hall–Kier alpha value is -1.32. The molecule has 0 aromatic heterocycles. The van der Waals surface area contributed by atoms with Gasteiger partial charge in [-0.05, 0) is 19.4 Å². The second-order valence-corrected chi connectivity index (χ2v) is 2.86. The number of carbonyl (C=O) groups excluding carboxylic acids is 2. The van der Waals surface area contributed by atoms with Crippen molar-refractivity contribution in [1.29, 1.82) is 0 Å². The molecule has 80 valence electrons. The summed E-state index contributed by atoms with van der Waals surface area (Å²) in [6, 6.07) is 0. The van der Waals surface area contributed by atoms with Crippen LogP contribution >= 0.6 is 0 Å². The molecule has 0 aliphatic rings. The van der Waals surface area contributed by atoms with Crippen LogP contribution in [0.4, 0.5) is 0 Å². The molecule has 0 amide bonds.